The molecule has 1 amide bonds. The fourth-order valence-corrected chi connectivity index (χ4v) is 4.47. The predicted molar refractivity (Wildman–Crippen MR) is 109 cm³/mol. The molecular weight excluding hydrogens is 429 g/mol. The van der Waals surface area contributed by atoms with Gasteiger partial charge in [0.05, 0.1) is 17.6 Å². The van der Waals surface area contributed by atoms with Gasteiger partial charge in [0.1, 0.15) is 10.8 Å². The average molecular weight is 446 g/mol. The van der Waals surface area contributed by atoms with Crippen LogP contribution in [0.2, 0.25) is 0 Å². The van der Waals surface area contributed by atoms with Crippen molar-refractivity contribution in [2.24, 2.45) is 0 Å². The molecule has 11 heteroatoms. The van der Waals surface area contributed by atoms with Gasteiger partial charge < -0.3 is 9.88 Å². The number of carbonyl (C=O) groups is 1. The molecule has 4 rings (SSSR count). The third kappa shape index (κ3) is 4.21. The van der Waals surface area contributed by atoms with Gasteiger partial charge in [0.2, 0.25) is 20.0 Å². The lowest BCUT2D eigenvalue weighted by molar-refractivity contribution is 0.0950. The highest BCUT2D eigenvalue weighted by Gasteiger charge is 2.21. The lowest BCUT2D eigenvalue weighted by Gasteiger charge is -2.05. The summed E-state index contributed by atoms with van der Waals surface area (Å²) in [4.78, 5) is 16.6. The number of hydrogen-bond donors (Lipinski definition) is 1. The molecule has 1 N–H and O–H groups in total. The minimum Gasteiger partial charge on any atom is -0.346 e. The molecule has 8 nitrogen and oxygen atoms in total. The first-order chi connectivity index (χ1) is 14.3. The Hall–Kier alpha value is -3.18. The maximum absolute atomic E-state index is 13.0. The van der Waals surface area contributed by atoms with E-state index in [1.54, 1.807) is 41.0 Å². The number of carbonyl (C=O) groups excluding carboxylic acids is 1. The van der Waals surface area contributed by atoms with Gasteiger partial charge in [-0.05, 0) is 29.8 Å². The Morgan fingerprint density at radius 3 is 2.60 bits per heavy atom. The van der Waals surface area contributed by atoms with E-state index in [-0.39, 0.29) is 29.1 Å². The van der Waals surface area contributed by atoms with Crippen LogP contribution in [0.15, 0.2) is 53.7 Å². The maximum Gasteiger partial charge on any atom is 0.282 e. The Kier molecular flexibility index (Phi) is 5.31. The average Bonchev–Trinajstić information content (AvgIpc) is 3.33. The summed E-state index contributed by atoms with van der Waals surface area (Å²) >= 11 is 1.07. The second-order valence-corrected chi connectivity index (χ2v) is 9.52. The molecule has 0 radical (unpaired) electrons. The fraction of sp³-hybridized carbons (Fsp3) is 0.158. The number of hydrogen-bond acceptors (Lipinski definition) is 7. The number of fused-ring (bicyclic) bond motifs is 1. The molecule has 0 spiro atoms. The first kappa shape index (κ1) is 20.1. The minimum absolute atomic E-state index is 0.0683. The third-order valence-corrected chi connectivity index (χ3v) is 6.15. The van der Waals surface area contributed by atoms with Gasteiger partial charge in [-0.2, -0.15) is 0 Å². The summed E-state index contributed by atoms with van der Waals surface area (Å²) in [7, 11) is -3.56. The number of rotatable bonds is 6. The molecule has 0 saturated heterocycles. The molecule has 0 aliphatic carbocycles. The van der Waals surface area contributed by atoms with Gasteiger partial charge in [0, 0.05) is 12.8 Å². The Balaban J connectivity index is 1.54. The molecule has 2 aromatic heterocycles. The summed E-state index contributed by atoms with van der Waals surface area (Å²) < 4.78 is 38.8. The normalized spacial score (nSPS) is 11.7. The summed E-state index contributed by atoms with van der Waals surface area (Å²) in [5.41, 5.74) is 1.95. The Morgan fingerprint density at radius 1 is 1.13 bits per heavy atom. The van der Waals surface area contributed by atoms with E-state index in [0.717, 1.165) is 23.2 Å². The number of nitrogens with zero attached hydrogens (tertiary/aromatic N) is 4. The van der Waals surface area contributed by atoms with Gasteiger partial charge in [0.15, 0.2) is 0 Å². The van der Waals surface area contributed by atoms with Gasteiger partial charge in [0.25, 0.3) is 5.91 Å². The molecule has 0 unspecified atom stereocenters. The van der Waals surface area contributed by atoms with Crippen LogP contribution in [0.25, 0.3) is 11.0 Å². The number of amides is 1. The fourth-order valence-electron chi connectivity index (χ4n) is 2.89. The quantitative estimate of drug-likeness (QED) is 0.488. The zero-order valence-electron chi connectivity index (χ0n) is 15.7. The van der Waals surface area contributed by atoms with Crippen LogP contribution in [0.4, 0.5) is 4.39 Å². The van der Waals surface area contributed by atoms with Crippen LogP contribution >= 0.6 is 11.3 Å². The summed E-state index contributed by atoms with van der Waals surface area (Å²) in [5, 5.41) is 11.2. The second-order valence-electron chi connectivity index (χ2n) is 6.55. The molecule has 0 atom stereocenters. The Bertz CT molecular complexity index is 1330. The van der Waals surface area contributed by atoms with Crippen LogP contribution in [0, 0.1) is 5.82 Å². The van der Waals surface area contributed by atoms with E-state index in [1.807, 2.05) is 0 Å². The van der Waals surface area contributed by atoms with Crippen molar-refractivity contribution in [3.63, 3.8) is 0 Å². The van der Waals surface area contributed by atoms with E-state index in [9.17, 15) is 17.6 Å². The largest absolute Gasteiger partial charge is 0.346 e. The van der Waals surface area contributed by atoms with Gasteiger partial charge in [-0.15, -0.1) is 10.2 Å². The van der Waals surface area contributed by atoms with E-state index in [4.69, 9.17) is 0 Å². The molecule has 2 aromatic carbocycles. The number of benzene rings is 2. The zero-order valence-corrected chi connectivity index (χ0v) is 17.4. The Morgan fingerprint density at radius 2 is 1.87 bits per heavy atom. The van der Waals surface area contributed by atoms with Crippen molar-refractivity contribution < 1.29 is 17.6 Å². The van der Waals surface area contributed by atoms with Crippen LogP contribution in [-0.2, 0) is 22.9 Å². The lowest BCUT2D eigenvalue weighted by atomic mass is 10.2. The van der Waals surface area contributed by atoms with E-state index in [2.05, 4.69) is 20.5 Å². The number of nitrogens with one attached hydrogen (secondary N) is 1. The topological polar surface area (TPSA) is 107 Å². The highest BCUT2D eigenvalue weighted by atomic mass is 32.2. The van der Waals surface area contributed by atoms with Crippen molar-refractivity contribution in [3.05, 3.63) is 69.9 Å². The number of imidazole rings is 1. The number of para-hydroxylation sites is 2. The van der Waals surface area contributed by atoms with Gasteiger partial charge >= 0.3 is 0 Å². The second kappa shape index (κ2) is 7.92. The van der Waals surface area contributed by atoms with E-state index in [1.165, 1.54) is 12.1 Å². The SMILES string of the molecule is CS(=O)(=O)c1nc2ccccc2n1Cc1nnc(C(=O)NCc2ccc(F)cc2)s1. The monoisotopic (exact) mass is 445 g/mol. The highest BCUT2D eigenvalue weighted by molar-refractivity contribution is 7.90. The minimum atomic E-state index is -3.56. The summed E-state index contributed by atoms with van der Waals surface area (Å²) in [6, 6.07) is 12.9. The van der Waals surface area contributed by atoms with Crippen LogP contribution < -0.4 is 5.32 Å². The van der Waals surface area contributed by atoms with Crippen LogP contribution in [0.3, 0.4) is 0 Å². The van der Waals surface area contributed by atoms with E-state index < -0.39 is 15.7 Å². The predicted octanol–water partition coefficient (Wildman–Crippen LogP) is 2.41. The van der Waals surface area contributed by atoms with Crippen LogP contribution in [-0.4, -0.2) is 40.3 Å². The molecule has 0 aliphatic rings. The summed E-state index contributed by atoms with van der Waals surface area (Å²) in [6.45, 7) is 0.338. The molecule has 0 fully saturated rings. The lowest BCUT2D eigenvalue weighted by Crippen LogP contribution is -2.22. The molecule has 0 saturated carbocycles. The molecule has 0 bridgehead atoms. The smallest absolute Gasteiger partial charge is 0.282 e. The van der Waals surface area contributed by atoms with Crippen LogP contribution in [0.5, 0.6) is 0 Å². The number of sulfone groups is 1. The molecule has 2 heterocycles. The highest BCUT2D eigenvalue weighted by Crippen LogP contribution is 2.22. The van der Waals surface area contributed by atoms with Crippen molar-refractivity contribution >= 4 is 38.1 Å². The van der Waals surface area contributed by atoms with Crippen LogP contribution in [0.1, 0.15) is 20.4 Å². The molecule has 4 aromatic rings. The van der Waals surface area contributed by atoms with Gasteiger partial charge in [-0.3, -0.25) is 4.79 Å². The Labute approximate surface area is 175 Å². The van der Waals surface area contributed by atoms with Crippen molar-refractivity contribution in [1.82, 2.24) is 25.1 Å². The first-order valence-corrected chi connectivity index (χ1v) is 11.5. The summed E-state index contributed by atoms with van der Waals surface area (Å²) in [6.07, 6.45) is 1.10. The van der Waals surface area contributed by atoms with E-state index in [0.29, 0.717) is 16.0 Å². The number of aromatic nitrogens is 4. The zero-order chi connectivity index (χ0) is 21.3. The first-order valence-electron chi connectivity index (χ1n) is 8.81. The van der Waals surface area contributed by atoms with Crippen molar-refractivity contribution in [3.8, 4) is 0 Å². The van der Waals surface area contributed by atoms with Crippen molar-refractivity contribution in [2.75, 3.05) is 6.26 Å². The van der Waals surface area contributed by atoms with Gasteiger partial charge in [-0.1, -0.05) is 35.6 Å². The molecule has 154 valence electrons. The van der Waals surface area contributed by atoms with Crippen molar-refractivity contribution in [1.29, 1.82) is 0 Å². The molecule has 30 heavy (non-hydrogen) atoms. The standard InChI is InChI=1S/C19H16FN5O3S2/c1-30(27,28)19-22-14-4-2-3-5-15(14)25(19)11-16-23-24-18(29-16)17(26)21-10-12-6-8-13(20)9-7-12/h2-9H,10-11H2,1H3,(H,21,26). The molecule has 0 aliphatic heterocycles. The maximum atomic E-state index is 13.0. The summed E-state index contributed by atoms with van der Waals surface area (Å²) in [5.74, 6) is -0.763. The molecular formula is C19H16FN5O3S2. The van der Waals surface area contributed by atoms with Gasteiger partial charge in [-0.25, -0.2) is 17.8 Å². The number of halogens is 1. The van der Waals surface area contributed by atoms with E-state index >= 15 is 0 Å². The van der Waals surface area contributed by atoms with Crippen molar-refractivity contribution in [2.45, 2.75) is 18.2 Å². The third-order valence-electron chi connectivity index (χ3n) is 4.27.